The lowest BCUT2D eigenvalue weighted by molar-refractivity contribution is 0.297. The minimum absolute atomic E-state index is 0. The third-order valence-corrected chi connectivity index (χ3v) is 4.80. The molecule has 0 amide bonds. The highest BCUT2D eigenvalue weighted by molar-refractivity contribution is 14.0. The van der Waals surface area contributed by atoms with Gasteiger partial charge in [-0.05, 0) is 52.6 Å². The van der Waals surface area contributed by atoms with E-state index in [9.17, 15) is 0 Å². The smallest absolute Gasteiger partial charge is 0.191 e. The van der Waals surface area contributed by atoms with Crippen molar-refractivity contribution in [3.63, 3.8) is 0 Å². The second-order valence-corrected chi connectivity index (χ2v) is 7.06. The molecule has 2 N–H and O–H groups in total. The number of aliphatic imine (C=N–C) groups is 1. The third kappa shape index (κ3) is 12.5. The summed E-state index contributed by atoms with van der Waals surface area (Å²) in [6.07, 6.45) is 4.57. The summed E-state index contributed by atoms with van der Waals surface area (Å²) in [4.78, 5) is 6.73. The monoisotopic (exact) mass is 430 g/mol. The van der Waals surface area contributed by atoms with Crippen LogP contribution < -0.4 is 10.6 Å². The Morgan fingerprint density at radius 1 is 1.14 bits per heavy atom. The fraction of sp³-hybridized carbons (Fsp3) is 0.933. The minimum Gasteiger partial charge on any atom is -0.356 e. The first-order valence-corrected chi connectivity index (χ1v) is 8.93. The van der Waals surface area contributed by atoms with Crippen molar-refractivity contribution in [1.29, 1.82) is 0 Å². The molecule has 0 saturated carbocycles. The summed E-state index contributed by atoms with van der Waals surface area (Å²) in [5.41, 5.74) is 0. The van der Waals surface area contributed by atoms with Gasteiger partial charge in [-0.2, -0.15) is 11.8 Å². The fourth-order valence-corrected chi connectivity index (χ4v) is 2.01. The summed E-state index contributed by atoms with van der Waals surface area (Å²) in [7, 11) is 1.83. The first-order chi connectivity index (χ1) is 9.49. The summed E-state index contributed by atoms with van der Waals surface area (Å²) in [5, 5.41) is 6.78. The Labute approximate surface area is 153 Å². The molecule has 0 aliphatic rings. The van der Waals surface area contributed by atoms with Gasteiger partial charge in [0, 0.05) is 24.9 Å². The second kappa shape index (κ2) is 13.9. The Hall–Kier alpha value is 0.310. The predicted octanol–water partition coefficient (Wildman–Crippen LogP) is 3.03. The Morgan fingerprint density at radius 2 is 1.76 bits per heavy atom. The molecule has 0 atom stereocenters. The zero-order chi connectivity index (χ0) is 15.4. The number of halogens is 1. The number of nitrogens with one attached hydrogen (secondary N) is 2. The highest BCUT2D eigenvalue weighted by Crippen LogP contribution is 2.19. The van der Waals surface area contributed by atoms with E-state index in [0.29, 0.717) is 0 Å². The van der Waals surface area contributed by atoms with Crippen molar-refractivity contribution in [3.05, 3.63) is 0 Å². The van der Waals surface area contributed by atoms with Gasteiger partial charge in [0.15, 0.2) is 5.96 Å². The van der Waals surface area contributed by atoms with Gasteiger partial charge in [-0.3, -0.25) is 4.99 Å². The fourth-order valence-electron chi connectivity index (χ4n) is 1.80. The maximum atomic E-state index is 4.27. The van der Waals surface area contributed by atoms with Crippen LogP contribution in [0.25, 0.3) is 0 Å². The lowest BCUT2D eigenvalue weighted by atomic mass is 10.2. The molecule has 6 heteroatoms. The molecule has 0 saturated heterocycles. The van der Waals surface area contributed by atoms with Crippen LogP contribution in [0.15, 0.2) is 4.99 Å². The van der Waals surface area contributed by atoms with E-state index < -0.39 is 0 Å². The number of guanidine groups is 1. The average Bonchev–Trinajstić information content (AvgIpc) is 2.46. The second-order valence-electron chi connectivity index (χ2n) is 5.55. The van der Waals surface area contributed by atoms with Crippen LogP contribution in [-0.4, -0.2) is 61.6 Å². The van der Waals surface area contributed by atoms with E-state index in [2.05, 4.69) is 54.5 Å². The molecule has 0 aliphatic heterocycles. The van der Waals surface area contributed by atoms with Gasteiger partial charge in [0.25, 0.3) is 0 Å². The topological polar surface area (TPSA) is 39.7 Å². The van der Waals surface area contributed by atoms with Crippen LogP contribution in [0.4, 0.5) is 0 Å². The normalized spacial score (nSPS) is 12.2. The molecule has 0 aliphatic carbocycles. The van der Waals surface area contributed by atoms with Crippen molar-refractivity contribution in [2.45, 2.75) is 45.3 Å². The average molecular weight is 430 g/mol. The number of nitrogens with zero attached hydrogens (tertiary/aromatic N) is 2. The molecule has 0 radical (unpaired) electrons. The van der Waals surface area contributed by atoms with Crippen molar-refractivity contribution in [2.75, 3.05) is 46.0 Å². The molecule has 0 aromatic rings. The molecule has 0 unspecified atom stereocenters. The lowest BCUT2D eigenvalue weighted by Gasteiger charge is -2.24. The van der Waals surface area contributed by atoms with Gasteiger partial charge in [0.05, 0.1) is 0 Å². The van der Waals surface area contributed by atoms with Crippen LogP contribution >= 0.6 is 35.7 Å². The molecule has 0 heterocycles. The molecule has 0 bridgehead atoms. The number of hydrogen-bond acceptors (Lipinski definition) is 3. The van der Waals surface area contributed by atoms with Gasteiger partial charge >= 0.3 is 0 Å². The van der Waals surface area contributed by atoms with Crippen LogP contribution in [0.1, 0.15) is 40.5 Å². The standard InChI is InChI=1S/C15H34N4S.HI/c1-7-19(8-2)12-10-9-11-17-14(16-5)18-13-15(3,4)20-6;/h7-13H2,1-6H3,(H2,16,17,18);1H. The Kier molecular flexibility index (Phi) is 15.6. The summed E-state index contributed by atoms with van der Waals surface area (Å²) >= 11 is 1.87. The Morgan fingerprint density at radius 3 is 2.24 bits per heavy atom. The molecule has 0 rings (SSSR count). The molecule has 4 nitrogen and oxygen atoms in total. The predicted molar refractivity (Wildman–Crippen MR) is 109 cm³/mol. The van der Waals surface area contributed by atoms with E-state index in [1.165, 1.54) is 19.4 Å². The number of rotatable bonds is 10. The molecule has 0 aromatic carbocycles. The van der Waals surface area contributed by atoms with Gasteiger partial charge in [0.2, 0.25) is 0 Å². The van der Waals surface area contributed by atoms with E-state index in [4.69, 9.17) is 0 Å². The number of thioether (sulfide) groups is 1. The van der Waals surface area contributed by atoms with Crippen molar-refractivity contribution in [3.8, 4) is 0 Å². The van der Waals surface area contributed by atoms with Gasteiger partial charge < -0.3 is 15.5 Å². The lowest BCUT2D eigenvalue weighted by Crippen LogP contribution is -2.43. The number of unbranched alkanes of at least 4 members (excludes halogenated alkanes) is 1. The quantitative estimate of drug-likeness (QED) is 0.242. The van der Waals surface area contributed by atoms with Gasteiger partial charge in [0.1, 0.15) is 0 Å². The molecular formula is C15H35IN4S. The summed E-state index contributed by atoms with van der Waals surface area (Å²) in [5.74, 6) is 0.912. The molecule has 0 fully saturated rings. The Balaban J connectivity index is 0. The largest absolute Gasteiger partial charge is 0.356 e. The summed E-state index contributed by atoms with van der Waals surface area (Å²) in [6, 6.07) is 0. The minimum atomic E-state index is 0. The van der Waals surface area contributed by atoms with E-state index >= 15 is 0 Å². The van der Waals surface area contributed by atoms with E-state index in [-0.39, 0.29) is 28.7 Å². The third-order valence-electron chi connectivity index (χ3n) is 3.55. The Bertz CT molecular complexity index is 268. The van der Waals surface area contributed by atoms with E-state index in [1.807, 2.05) is 18.8 Å². The van der Waals surface area contributed by atoms with Gasteiger partial charge in [-0.25, -0.2) is 0 Å². The van der Waals surface area contributed by atoms with E-state index in [0.717, 1.165) is 32.1 Å². The van der Waals surface area contributed by atoms with Crippen LogP contribution in [0.2, 0.25) is 0 Å². The van der Waals surface area contributed by atoms with Crippen LogP contribution in [0, 0.1) is 0 Å². The van der Waals surface area contributed by atoms with Gasteiger partial charge in [-0.15, -0.1) is 24.0 Å². The highest BCUT2D eigenvalue weighted by Gasteiger charge is 2.15. The summed E-state index contributed by atoms with van der Waals surface area (Å²) in [6.45, 7) is 14.3. The maximum Gasteiger partial charge on any atom is 0.191 e. The first-order valence-electron chi connectivity index (χ1n) is 7.71. The van der Waals surface area contributed by atoms with Crippen molar-refractivity contribution in [2.24, 2.45) is 4.99 Å². The zero-order valence-corrected chi connectivity index (χ0v) is 17.8. The molecule has 21 heavy (non-hydrogen) atoms. The van der Waals surface area contributed by atoms with Crippen molar-refractivity contribution >= 4 is 41.7 Å². The van der Waals surface area contributed by atoms with Crippen LogP contribution in [0.5, 0.6) is 0 Å². The molecular weight excluding hydrogens is 395 g/mol. The van der Waals surface area contributed by atoms with Crippen LogP contribution in [0.3, 0.4) is 0 Å². The van der Waals surface area contributed by atoms with Gasteiger partial charge in [-0.1, -0.05) is 13.8 Å². The first kappa shape index (κ1) is 23.6. The van der Waals surface area contributed by atoms with Crippen LogP contribution in [-0.2, 0) is 0 Å². The molecule has 128 valence electrons. The maximum absolute atomic E-state index is 4.27. The SMILES string of the molecule is CCN(CC)CCCCNC(=NC)NCC(C)(C)SC.I. The summed E-state index contributed by atoms with van der Waals surface area (Å²) < 4.78 is 0.236. The van der Waals surface area contributed by atoms with Crippen molar-refractivity contribution in [1.82, 2.24) is 15.5 Å². The van der Waals surface area contributed by atoms with Crippen molar-refractivity contribution < 1.29 is 0 Å². The molecule has 0 spiro atoms. The molecule has 0 aromatic heterocycles. The van der Waals surface area contributed by atoms with E-state index in [1.54, 1.807) is 0 Å². The zero-order valence-electron chi connectivity index (χ0n) is 14.7. The highest BCUT2D eigenvalue weighted by atomic mass is 127. The number of hydrogen-bond donors (Lipinski definition) is 2.